The number of thiophene rings is 1. The summed E-state index contributed by atoms with van der Waals surface area (Å²) in [6.07, 6.45) is 0. The van der Waals surface area contributed by atoms with Gasteiger partial charge in [0.2, 0.25) is 5.91 Å². The highest BCUT2D eigenvalue weighted by atomic mass is 35.5. The summed E-state index contributed by atoms with van der Waals surface area (Å²) in [5.41, 5.74) is 1.70. The van der Waals surface area contributed by atoms with E-state index in [1.165, 1.54) is 11.3 Å². The predicted molar refractivity (Wildman–Crippen MR) is 90.5 cm³/mol. The molecule has 1 aromatic carbocycles. The molecule has 3 nitrogen and oxygen atoms in total. The molecule has 0 bridgehead atoms. The zero-order valence-corrected chi connectivity index (χ0v) is 14.1. The van der Waals surface area contributed by atoms with E-state index in [9.17, 15) is 4.79 Å². The van der Waals surface area contributed by atoms with Gasteiger partial charge in [0.15, 0.2) is 0 Å². The minimum absolute atomic E-state index is 0.0694. The Morgan fingerprint density at radius 2 is 2.05 bits per heavy atom. The molecule has 0 saturated heterocycles. The number of carbonyl (C=O) groups excluding carboxylic acids is 1. The number of nitrogens with one attached hydrogen (secondary N) is 1. The van der Waals surface area contributed by atoms with E-state index in [0.29, 0.717) is 23.8 Å². The molecule has 112 valence electrons. The third-order valence-electron chi connectivity index (χ3n) is 2.92. The Balaban J connectivity index is 1.87. The Bertz CT molecular complexity index is 642. The quantitative estimate of drug-likeness (QED) is 0.871. The fraction of sp³-hybridized carbons (Fsp3) is 0.267. The van der Waals surface area contributed by atoms with Crippen LogP contribution in [0.5, 0.6) is 0 Å². The summed E-state index contributed by atoms with van der Waals surface area (Å²) in [6, 6.07) is 9.33. The maximum atomic E-state index is 12.0. The molecule has 1 heterocycles. The van der Waals surface area contributed by atoms with Crippen molar-refractivity contribution in [3.63, 3.8) is 0 Å². The van der Waals surface area contributed by atoms with E-state index in [1.54, 1.807) is 6.07 Å². The summed E-state index contributed by atoms with van der Waals surface area (Å²) in [4.78, 5) is 15.1. The molecule has 0 fully saturated rings. The Kier molecular flexibility index (Phi) is 5.65. The lowest BCUT2D eigenvalue weighted by Gasteiger charge is -2.15. The number of nitrogens with zero attached hydrogens (tertiary/aromatic N) is 1. The number of hydrogen-bond donors (Lipinski definition) is 1. The van der Waals surface area contributed by atoms with Gasteiger partial charge in [-0.15, -0.1) is 11.3 Å². The first kappa shape index (κ1) is 16.3. The third kappa shape index (κ3) is 5.00. The largest absolute Gasteiger partial charge is 0.325 e. The van der Waals surface area contributed by atoms with Crippen LogP contribution in [0.15, 0.2) is 30.3 Å². The van der Waals surface area contributed by atoms with Crippen molar-refractivity contribution in [2.75, 3.05) is 18.9 Å². The van der Waals surface area contributed by atoms with Crippen LogP contribution in [0.3, 0.4) is 0 Å². The number of rotatable bonds is 5. The Morgan fingerprint density at radius 1 is 1.29 bits per heavy atom. The van der Waals surface area contributed by atoms with Crippen LogP contribution in [-0.2, 0) is 11.3 Å². The summed E-state index contributed by atoms with van der Waals surface area (Å²) in [6.45, 7) is 2.92. The molecule has 0 aliphatic rings. The molecule has 0 spiro atoms. The van der Waals surface area contributed by atoms with Crippen LogP contribution in [0.2, 0.25) is 9.36 Å². The summed E-state index contributed by atoms with van der Waals surface area (Å²) in [5, 5.41) is 3.49. The number of anilines is 1. The molecule has 1 aromatic heterocycles. The van der Waals surface area contributed by atoms with Crippen molar-refractivity contribution in [1.29, 1.82) is 0 Å². The highest BCUT2D eigenvalue weighted by Gasteiger charge is 2.09. The normalized spacial score (nSPS) is 10.9. The molecule has 2 rings (SSSR count). The van der Waals surface area contributed by atoms with Crippen LogP contribution < -0.4 is 5.32 Å². The topological polar surface area (TPSA) is 32.3 Å². The molecule has 21 heavy (non-hydrogen) atoms. The van der Waals surface area contributed by atoms with Crippen molar-refractivity contribution in [2.24, 2.45) is 0 Å². The van der Waals surface area contributed by atoms with Crippen LogP contribution in [0, 0.1) is 6.92 Å². The summed E-state index contributed by atoms with van der Waals surface area (Å²) < 4.78 is 0.761. The average molecular weight is 343 g/mol. The van der Waals surface area contributed by atoms with Gasteiger partial charge in [-0.1, -0.05) is 29.3 Å². The average Bonchev–Trinajstić information content (AvgIpc) is 2.79. The fourth-order valence-electron chi connectivity index (χ4n) is 1.87. The first-order valence-corrected chi connectivity index (χ1v) is 8.00. The number of carbonyl (C=O) groups is 1. The second kappa shape index (κ2) is 7.27. The highest BCUT2D eigenvalue weighted by Crippen LogP contribution is 2.22. The smallest absolute Gasteiger partial charge is 0.238 e. The highest BCUT2D eigenvalue weighted by molar-refractivity contribution is 7.16. The van der Waals surface area contributed by atoms with Gasteiger partial charge in [-0.25, -0.2) is 0 Å². The summed E-state index contributed by atoms with van der Waals surface area (Å²) in [7, 11) is 1.90. The van der Waals surface area contributed by atoms with Crippen molar-refractivity contribution < 1.29 is 4.79 Å². The monoisotopic (exact) mass is 342 g/mol. The standard InChI is InChI=1S/C15H16Cl2N2OS/c1-10-3-4-11(7-13(10)16)18-15(20)9-19(2)8-12-5-6-14(17)21-12/h3-7H,8-9H2,1-2H3,(H,18,20). The molecule has 0 saturated carbocycles. The van der Waals surface area contributed by atoms with Gasteiger partial charge in [-0.3, -0.25) is 9.69 Å². The first-order valence-electron chi connectivity index (χ1n) is 6.43. The Morgan fingerprint density at radius 3 is 2.67 bits per heavy atom. The molecule has 1 amide bonds. The van der Waals surface area contributed by atoms with Gasteiger partial charge in [0.1, 0.15) is 0 Å². The number of amides is 1. The molecule has 0 unspecified atom stereocenters. The zero-order valence-electron chi connectivity index (χ0n) is 11.8. The van der Waals surface area contributed by atoms with E-state index in [1.807, 2.05) is 43.1 Å². The van der Waals surface area contributed by atoms with Crippen molar-refractivity contribution in [3.05, 3.63) is 50.1 Å². The second-order valence-corrected chi connectivity index (χ2v) is 7.10. The van der Waals surface area contributed by atoms with E-state index in [2.05, 4.69) is 5.32 Å². The van der Waals surface area contributed by atoms with Crippen LogP contribution in [0.1, 0.15) is 10.4 Å². The second-order valence-electron chi connectivity index (χ2n) is 4.89. The molecule has 1 N–H and O–H groups in total. The lowest BCUT2D eigenvalue weighted by atomic mass is 10.2. The number of aryl methyl sites for hydroxylation is 1. The van der Waals surface area contributed by atoms with Crippen LogP contribution in [-0.4, -0.2) is 24.4 Å². The molecule has 0 aliphatic carbocycles. The minimum atomic E-state index is -0.0694. The maximum Gasteiger partial charge on any atom is 0.238 e. The van der Waals surface area contributed by atoms with Gasteiger partial charge >= 0.3 is 0 Å². The predicted octanol–water partition coefficient (Wildman–Crippen LogP) is 4.43. The number of hydrogen-bond acceptors (Lipinski definition) is 3. The Hall–Kier alpha value is -1.07. The SMILES string of the molecule is Cc1ccc(NC(=O)CN(C)Cc2ccc(Cl)s2)cc1Cl. The number of likely N-dealkylation sites (N-methyl/N-ethyl adjacent to an activating group) is 1. The summed E-state index contributed by atoms with van der Waals surface area (Å²) in [5.74, 6) is -0.0694. The van der Waals surface area contributed by atoms with Gasteiger partial charge in [-0.05, 0) is 43.8 Å². The van der Waals surface area contributed by atoms with E-state index in [4.69, 9.17) is 23.2 Å². The van der Waals surface area contributed by atoms with Crippen molar-refractivity contribution in [3.8, 4) is 0 Å². The van der Waals surface area contributed by atoms with E-state index >= 15 is 0 Å². The third-order valence-corrected chi connectivity index (χ3v) is 4.55. The molecular weight excluding hydrogens is 327 g/mol. The molecule has 2 aromatic rings. The summed E-state index contributed by atoms with van der Waals surface area (Å²) >= 11 is 13.5. The lowest BCUT2D eigenvalue weighted by molar-refractivity contribution is -0.117. The number of benzene rings is 1. The molecular formula is C15H16Cl2N2OS. The maximum absolute atomic E-state index is 12.0. The van der Waals surface area contributed by atoms with Crippen molar-refractivity contribution >= 4 is 46.1 Å². The molecule has 0 aliphatic heterocycles. The van der Waals surface area contributed by atoms with E-state index in [-0.39, 0.29) is 5.91 Å². The minimum Gasteiger partial charge on any atom is -0.325 e. The fourth-order valence-corrected chi connectivity index (χ4v) is 3.22. The molecule has 0 radical (unpaired) electrons. The first-order chi connectivity index (χ1) is 9.94. The van der Waals surface area contributed by atoms with Gasteiger partial charge in [0, 0.05) is 22.1 Å². The Labute approximate surface area is 138 Å². The van der Waals surface area contributed by atoms with Crippen molar-refractivity contribution in [2.45, 2.75) is 13.5 Å². The van der Waals surface area contributed by atoms with Crippen LogP contribution in [0.4, 0.5) is 5.69 Å². The number of halogens is 2. The van der Waals surface area contributed by atoms with Gasteiger partial charge in [0.25, 0.3) is 0 Å². The van der Waals surface area contributed by atoms with E-state index < -0.39 is 0 Å². The van der Waals surface area contributed by atoms with Gasteiger partial charge in [0.05, 0.1) is 10.9 Å². The van der Waals surface area contributed by atoms with Gasteiger partial charge < -0.3 is 5.32 Å². The van der Waals surface area contributed by atoms with Crippen LogP contribution >= 0.6 is 34.5 Å². The molecule has 0 atom stereocenters. The molecule has 6 heteroatoms. The zero-order chi connectivity index (χ0) is 15.4. The van der Waals surface area contributed by atoms with Crippen molar-refractivity contribution in [1.82, 2.24) is 4.90 Å². The van der Waals surface area contributed by atoms with Crippen LogP contribution in [0.25, 0.3) is 0 Å². The lowest BCUT2D eigenvalue weighted by Crippen LogP contribution is -2.29. The van der Waals surface area contributed by atoms with E-state index in [0.717, 1.165) is 14.8 Å². The van der Waals surface area contributed by atoms with Gasteiger partial charge in [-0.2, -0.15) is 0 Å².